The van der Waals surface area contributed by atoms with Crippen LogP contribution in [0, 0.1) is 0 Å². The Balaban J connectivity index is 2.11. The molecule has 0 aromatic heterocycles. The predicted octanol–water partition coefficient (Wildman–Crippen LogP) is 6.93. The Labute approximate surface area is 147 Å². The van der Waals surface area contributed by atoms with Crippen LogP contribution in [0.15, 0.2) is 72.8 Å². The summed E-state index contributed by atoms with van der Waals surface area (Å²) in [5, 5.41) is 0.722. The van der Waals surface area contributed by atoms with Crippen molar-refractivity contribution in [3.63, 3.8) is 0 Å². The fourth-order valence-corrected chi connectivity index (χ4v) is 2.97. The first-order chi connectivity index (χ1) is 11.5. The van der Waals surface area contributed by atoms with Gasteiger partial charge in [-0.15, -0.1) is 0 Å². The van der Waals surface area contributed by atoms with Crippen molar-refractivity contribution in [1.82, 2.24) is 0 Å². The van der Waals surface area contributed by atoms with E-state index in [1.165, 1.54) is 12.1 Å². The molecule has 0 atom stereocenters. The Bertz CT molecular complexity index is 822. The SMILES string of the molecule is FC(F)(F)c1ccc(-c2ccc(CBr)cc2-c2ccccc2)cc1. The minimum absolute atomic E-state index is 0.635. The Kier molecular flexibility index (Phi) is 4.76. The highest BCUT2D eigenvalue weighted by atomic mass is 79.9. The van der Waals surface area contributed by atoms with Gasteiger partial charge in [-0.25, -0.2) is 0 Å². The molecule has 0 fully saturated rings. The fraction of sp³-hybridized carbons (Fsp3) is 0.100. The number of halogens is 4. The fourth-order valence-electron chi connectivity index (χ4n) is 2.62. The van der Waals surface area contributed by atoms with Gasteiger partial charge in [-0.1, -0.05) is 70.5 Å². The van der Waals surface area contributed by atoms with Crippen molar-refractivity contribution in [1.29, 1.82) is 0 Å². The van der Waals surface area contributed by atoms with E-state index in [1.54, 1.807) is 0 Å². The summed E-state index contributed by atoms with van der Waals surface area (Å²) in [6.45, 7) is 0. The molecule has 0 aliphatic rings. The van der Waals surface area contributed by atoms with Crippen molar-refractivity contribution in [2.45, 2.75) is 11.5 Å². The first-order valence-electron chi connectivity index (χ1n) is 7.41. The third-order valence-corrected chi connectivity index (χ3v) is 4.49. The second-order valence-corrected chi connectivity index (χ2v) is 6.02. The standard InChI is InChI=1S/C20H14BrF3/c21-13-14-6-11-18(19(12-14)15-4-2-1-3-5-15)16-7-9-17(10-8-16)20(22,23)24/h1-12H,13H2. The van der Waals surface area contributed by atoms with Crippen LogP contribution in [-0.4, -0.2) is 0 Å². The topological polar surface area (TPSA) is 0 Å². The van der Waals surface area contributed by atoms with Gasteiger partial charge < -0.3 is 0 Å². The zero-order valence-corrected chi connectivity index (χ0v) is 14.2. The number of alkyl halides is 4. The molecule has 3 aromatic rings. The maximum Gasteiger partial charge on any atom is 0.416 e. The summed E-state index contributed by atoms with van der Waals surface area (Å²) in [4.78, 5) is 0. The third-order valence-electron chi connectivity index (χ3n) is 3.85. The molecular formula is C20H14BrF3. The number of benzene rings is 3. The first-order valence-corrected chi connectivity index (χ1v) is 8.53. The van der Waals surface area contributed by atoms with Gasteiger partial charge in [-0.3, -0.25) is 0 Å². The van der Waals surface area contributed by atoms with E-state index in [2.05, 4.69) is 22.0 Å². The van der Waals surface area contributed by atoms with E-state index in [4.69, 9.17) is 0 Å². The Hall–Kier alpha value is -2.07. The minimum Gasteiger partial charge on any atom is -0.166 e. The van der Waals surface area contributed by atoms with E-state index < -0.39 is 11.7 Å². The third kappa shape index (κ3) is 3.54. The minimum atomic E-state index is -4.32. The van der Waals surface area contributed by atoms with Crippen LogP contribution in [0.2, 0.25) is 0 Å². The van der Waals surface area contributed by atoms with Gasteiger partial charge in [-0.05, 0) is 46.0 Å². The summed E-state index contributed by atoms with van der Waals surface area (Å²) in [5.41, 5.74) is 4.21. The van der Waals surface area contributed by atoms with Gasteiger partial charge in [0.25, 0.3) is 0 Å². The molecule has 3 rings (SSSR count). The van der Waals surface area contributed by atoms with Crippen molar-refractivity contribution < 1.29 is 13.2 Å². The van der Waals surface area contributed by atoms with Gasteiger partial charge in [0, 0.05) is 5.33 Å². The Morgan fingerprint density at radius 2 is 1.33 bits per heavy atom. The molecule has 122 valence electrons. The van der Waals surface area contributed by atoms with Crippen molar-refractivity contribution in [3.05, 3.63) is 83.9 Å². The average molecular weight is 391 g/mol. The lowest BCUT2D eigenvalue weighted by molar-refractivity contribution is -0.137. The molecule has 0 spiro atoms. The highest BCUT2D eigenvalue weighted by molar-refractivity contribution is 9.08. The van der Waals surface area contributed by atoms with Crippen LogP contribution in [0.25, 0.3) is 22.3 Å². The molecule has 0 N–H and O–H groups in total. The van der Waals surface area contributed by atoms with Gasteiger partial charge >= 0.3 is 6.18 Å². The van der Waals surface area contributed by atoms with Crippen molar-refractivity contribution in [2.75, 3.05) is 0 Å². The van der Waals surface area contributed by atoms with E-state index >= 15 is 0 Å². The van der Waals surface area contributed by atoms with Crippen molar-refractivity contribution in [2.24, 2.45) is 0 Å². The highest BCUT2D eigenvalue weighted by Gasteiger charge is 2.30. The van der Waals surface area contributed by atoms with Gasteiger partial charge in [0.15, 0.2) is 0 Å². The van der Waals surface area contributed by atoms with Crippen molar-refractivity contribution in [3.8, 4) is 22.3 Å². The lowest BCUT2D eigenvalue weighted by Crippen LogP contribution is -2.04. The van der Waals surface area contributed by atoms with E-state index in [0.29, 0.717) is 0 Å². The average Bonchev–Trinajstić information content (AvgIpc) is 2.61. The summed E-state index contributed by atoms with van der Waals surface area (Å²) in [7, 11) is 0. The highest BCUT2D eigenvalue weighted by Crippen LogP contribution is 2.35. The van der Waals surface area contributed by atoms with Crippen molar-refractivity contribution >= 4 is 15.9 Å². The summed E-state index contributed by atoms with van der Waals surface area (Å²) in [6, 6.07) is 21.2. The van der Waals surface area contributed by atoms with Crippen LogP contribution in [0.1, 0.15) is 11.1 Å². The molecule has 0 unspecified atom stereocenters. The molecule has 4 heteroatoms. The van der Waals surface area contributed by atoms with Crippen LogP contribution in [0.4, 0.5) is 13.2 Å². The molecule has 24 heavy (non-hydrogen) atoms. The zero-order valence-electron chi connectivity index (χ0n) is 12.6. The maximum absolute atomic E-state index is 12.8. The quantitative estimate of drug-likeness (QED) is 0.425. The summed E-state index contributed by atoms with van der Waals surface area (Å²) >= 11 is 3.45. The molecular weight excluding hydrogens is 377 g/mol. The molecule has 3 aromatic carbocycles. The second kappa shape index (κ2) is 6.81. The first kappa shape index (κ1) is 16.8. The molecule has 0 saturated carbocycles. The molecule has 0 radical (unpaired) electrons. The molecule has 0 aliphatic heterocycles. The number of hydrogen-bond donors (Lipinski definition) is 0. The predicted molar refractivity (Wildman–Crippen MR) is 94.9 cm³/mol. The lowest BCUT2D eigenvalue weighted by Gasteiger charge is -2.13. The number of rotatable bonds is 3. The van der Waals surface area contributed by atoms with Crippen LogP contribution < -0.4 is 0 Å². The van der Waals surface area contributed by atoms with Gasteiger partial charge in [0.1, 0.15) is 0 Å². The van der Waals surface area contributed by atoms with E-state index in [0.717, 1.165) is 45.3 Å². The lowest BCUT2D eigenvalue weighted by atomic mass is 9.92. The molecule has 0 bridgehead atoms. The molecule has 0 saturated heterocycles. The molecule has 0 aliphatic carbocycles. The number of hydrogen-bond acceptors (Lipinski definition) is 0. The summed E-state index contributed by atoms with van der Waals surface area (Å²) in [6.07, 6.45) is -4.32. The van der Waals surface area contributed by atoms with Gasteiger partial charge in [0.2, 0.25) is 0 Å². The molecule has 0 heterocycles. The van der Waals surface area contributed by atoms with E-state index in [-0.39, 0.29) is 0 Å². The van der Waals surface area contributed by atoms with E-state index in [9.17, 15) is 13.2 Å². The smallest absolute Gasteiger partial charge is 0.166 e. The normalized spacial score (nSPS) is 11.5. The maximum atomic E-state index is 12.8. The Morgan fingerprint density at radius 1 is 0.708 bits per heavy atom. The Morgan fingerprint density at radius 3 is 1.92 bits per heavy atom. The van der Waals surface area contributed by atoms with E-state index in [1.807, 2.05) is 42.5 Å². The van der Waals surface area contributed by atoms with Crippen LogP contribution in [0.3, 0.4) is 0 Å². The summed E-state index contributed by atoms with van der Waals surface area (Å²) < 4.78 is 38.3. The van der Waals surface area contributed by atoms with Crippen LogP contribution in [0.5, 0.6) is 0 Å². The largest absolute Gasteiger partial charge is 0.416 e. The van der Waals surface area contributed by atoms with Gasteiger partial charge in [-0.2, -0.15) is 13.2 Å². The van der Waals surface area contributed by atoms with Crippen LogP contribution >= 0.6 is 15.9 Å². The zero-order chi connectivity index (χ0) is 17.2. The molecule has 0 amide bonds. The molecule has 0 nitrogen and oxygen atoms in total. The van der Waals surface area contributed by atoms with Gasteiger partial charge in [0.05, 0.1) is 5.56 Å². The summed E-state index contributed by atoms with van der Waals surface area (Å²) in [5.74, 6) is 0. The second-order valence-electron chi connectivity index (χ2n) is 5.45. The van der Waals surface area contributed by atoms with Crippen LogP contribution in [-0.2, 0) is 11.5 Å². The monoisotopic (exact) mass is 390 g/mol.